The zero-order valence-corrected chi connectivity index (χ0v) is 13.3. The number of halogens is 1. The van der Waals surface area contributed by atoms with Gasteiger partial charge in [-0.25, -0.2) is 0 Å². The van der Waals surface area contributed by atoms with Crippen molar-refractivity contribution in [1.29, 1.82) is 0 Å². The van der Waals surface area contributed by atoms with E-state index in [1.807, 2.05) is 0 Å². The molecular formula is C15H24BrNO2. The highest BCUT2D eigenvalue weighted by Crippen LogP contribution is 2.04. The molecular weight excluding hydrogens is 306 g/mol. The van der Waals surface area contributed by atoms with Crippen molar-refractivity contribution in [1.82, 2.24) is 4.90 Å². The quantitative estimate of drug-likeness (QED) is 0.460. The molecule has 19 heavy (non-hydrogen) atoms. The van der Waals surface area contributed by atoms with Crippen LogP contribution in [0.2, 0.25) is 0 Å². The molecule has 108 valence electrons. The van der Waals surface area contributed by atoms with Crippen LogP contribution in [-0.2, 0) is 16.0 Å². The monoisotopic (exact) mass is 329 g/mol. The van der Waals surface area contributed by atoms with Crippen LogP contribution < -0.4 is 0 Å². The Kier molecular flexibility index (Phi) is 9.99. The SMILES string of the molecule is COCCCOCCN(CCBr)Cc1ccccc1. The predicted octanol–water partition coefficient (Wildman–Crippen LogP) is 2.94. The lowest BCUT2D eigenvalue weighted by Gasteiger charge is -2.21. The predicted molar refractivity (Wildman–Crippen MR) is 82.8 cm³/mol. The third-order valence-electron chi connectivity index (χ3n) is 2.84. The Morgan fingerprint density at radius 3 is 2.53 bits per heavy atom. The van der Waals surface area contributed by atoms with Crippen LogP contribution in [0.5, 0.6) is 0 Å². The number of nitrogens with zero attached hydrogens (tertiary/aromatic N) is 1. The van der Waals surface area contributed by atoms with E-state index in [-0.39, 0.29) is 0 Å². The standard InChI is InChI=1S/C15H24BrNO2/c1-18-11-5-12-19-13-10-17(9-8-16)14-15-6-3-2-4-7-15/h2-4,6-7H,5,8-14H2,1H3. The number of benzene rings is 1. The Balaban J connectivity index is 2.21. The van der Waals surface area contributed by atoms with Crippen LogP contribution in [0.1, 0.15) is 12.0 Å². The molecule has 0 spiro atoms. The number of methoxy groups -OCH3 is 1. The van der Waals surface area contributed by atoms with Gasteiger partial charge in [-0.15, -0.1) is 0 Å². The summed E-state index contributed by atoms with van der Waals surface area (Å²) in [5.41, 5.74) is 1.35. The molecule has 0 aromatic heterocycles. The summed E-state index contributed by atoms with van der Waals surface area (Å²) in [5, 5.41) is 0.990. The van der Waals surface area contributed by atoms with E-state index < -0.39 is 0 Å². The summed E-state index contributed by atoms with van der Waals surface area (Å²) < 4.78 is 10.6. The van der Waals surface area contributed by atoms with Crippen LogP contribution >= 0.6 is 15.9 Å². The van der Waals surface area contributed by atoms with Gasteiger partial charge in [0.15, 0.2) is 0 Å². The first kappa shape index (κ1) is 16.6. The summed E-state index contributed by atoms with van der Waals surface area (Å²) in [7, 11) is 1.72. The average molecular weight is 330 g/mol. The molecule has 0 fully saturated rings. The molecule has 0 aliphatic carbocycles. The van der Waals surface area contributed by atoms with Crippen molar-refractivity contribution in [2.24, 2.45) is 0 Å². The van der Waals surface area contributed by atoms with Crippen LogP contribution in [0, 0.1) is 0 Å². The largest absolute Gasteiger partial charge is 0.385 e. The Hall–Kier alpha value is -0.420. The lowest BCUT2D eigenvalue weighted by Crippen LogP contribution is -2.29. The van der Waals surface area contributed by atoms with Gasteiger partial charge in [-0.05, 0) is 12.0 Å². The van der Waals surface area contributed by atoms with Gasteiger partial charge in [0.1, 0.15) is 0 Å². The highest BCUT2D eigenvalue weighted by atomic mass is 79.9. The second-order valence-electron chi connectivity index (χ2n) is 4.41. The highest BCUT2D eigenvalue weighted by Gasteiger charge is 2.04. The molecule has 0 aliphatic rings. The maximum atomic E-state index is 5.61. The molecule has 4 heteroatoms. The van der Waals surface area contributed by atoms with E-state index in [1.54, 1.807) is 7.11 Å². The van der Waals surface area contributed by atoms with Crippen molar-refractivity contribution in [3.8, 4) is 0 Å². The van der Waals surface area contributed by atoms with Crippen molar-refractivity contribution in [3.05, 3.63) is 35.9 Å². The normalized spacial score (nSPS) is 11.1. The second-order valence-corrected chi connectivity index (χ2v) is 5.20. The Morgan fingerprint density at radius 1 is 1.05 bits per heavy atom. The first-order valence-electron chi connectivity index (χ1n) is 6.75. The molecule has 0 bridgehead atoms. The van der Waals surface area contributed by atoms with Gasteiger partial charge in [0.2, 0.25) is 0 Å². The van der Waals surface area contributed by atoms with E-state index >= 15 is 0 Å². The summed E-state index contributed by atoms with van der Waals surface area (Å²) in [4.78, 5) is 2.40. The number of hydrogen-bond donors (Lipinski definition) is 0. The molecule has 0 radical (unpaired) electrons. The molecule has 3 nitrogen and oxygen atoms in total. The minimum absolute atomic E-state index is 0.773. The molecule has 1 aromatic rings. The van der Waals surface area contributed by atoms with Crippen LogP contribution in [0.25, 0.3) is 0 Å². The molecule has 1 rings (SSSR count). The number of alkyl halides is 1. The van der Waals surface area contributed by atoms with Crippen molar-refractivity contribution in [2.75, 3.05) is 45.4 Å². The lowest BCUT2D eigenvalue weighted by molar-refractivity contribution is 0.0836. The molecule has 0 saturated carbocycles. The highest BCUT2D eigenvalue weighted by molar-refractivity contribution is 9.09. The fraction of sp³-hybridized carbons (Fsp3) is 0.600. The van der Waals surface area contributed by atoms with Gasteiger partial charge in [-0.2, -0.15) is 0 Å². The van der Waals surface area contributed by atoms with E-state index in [4.69, 9.17) is 9.47 Å². The lowest BCUT2D eigenvalue weighted by atomic mass is 10.2. The molecule has 0 amide bonds. The van der Waals surface area contributed by atoms with Crippen LogP contribution in [0.4, 0.5) is 0 Å². The third-order valence-corrected chi connectivity index (χ3v) is 3.19. The van der Waals surface area contributed by atoms with E-state index in [9.17, 15) is 0 Å². The number of ether oxygens (including phenoxy) is 2. The summed E-state index contributed by atoms with van der Waals surface area (Å²) in [6.07, 6.45) is 0.966. The Morgan fingerprint density at radius 2 is 1.84 bits per heavy atom. The maximum Gasteiger partial charge on any atom is 0.0593 e. The fourth-order valence-corrected chi connectivity index (χ4v) is 2.33. The minimum atomic E-state index is 0.773. The topological polar surface area (TPSA) is 21.7 Å². The zero-order valence-electron chi connectivity index (χ0n) is 11.7. The Bertz CT molecular complexity index is 308. The number of hydrogen-bond acceptors (Lipinski definition) is 3. The van der Waals surface area contributed by atoms with E-state index in [1.165, 1.54) is 5.56 Å². The zero-order chi connectivity index (χ0) is 13.8. The van der Waals surface area contributed by atoms with Gasteiger partial charge < -0.3 is 9.47 Å². The van der Waals surface area contributed by atoms with Crippen LogP contribution in [-0.4, -0.2) is 50.2 Å². The first-order chi connectivity index (χ1) is 9.36. The van der Waals surface area contributed by atoms with Crippen LogP contribution in [0.3, 0.4) is 0 Å². The molecule has 0 aliphatic heterocycles. The minimum Gasteiger partial charge on any atom is -0.385 e. The van der Waals surface area contributed by atoms with Gasteiger partial charge in [-0.3, -0.25) is 4.90 Å². The average Bonchev–Trinajstić information content (AvgIpc) is 2.44. The molecule has 0 saturated heterocycles. The van der Waals surface area contributed by atoms with Gasteiger partial charge in [0.25, 0.3) is 0 Å². The van der Waals surface area contributed by atoms with Crippen molar-refractivity contribution < 1.29 is 9.47 Å². The van der Waals surface area contributed by atoms with Gasteiger partial charge in [-0.1, -0.05) is 46.3 Å². The van der Waals surface area contributed by atoms with Gasteiger partial charge in [0.05, 0.1) is 6.61 Å². The molecule has 0 N–H and O–H groups in total. The summed E-state index contributed by atoms with van der Waals surface area (Å²) >= 11 is 3.51. The molecule has 0 unspecified atom stereocenters. The van der Waals surface area contributed by atoms with Crippen LogP contribution in [0.15, 0.2) is 30.3 Å². The fourth-order valence-electron chi connectivity index (χ4n) is 1.83. The Labute approximate surface area is 125 Å². The van der Waals surface area contributed by atoms with E-state index in [2.05, 4.69) is 51.2 Å². The molecule has 1 aromatic carbocycles. The van der Waals surface area contributed by atoms with Crippen molar-refractivity contribution in [2.45, 2.75) is 13.0 Å². The van der Waals surface area contributed by atoms with Crippen molar-refractivity contribution >= 4 is 15.9 Å². The van der Waals surface area contributed by atoms with Gasteiger partial charge in [0, 0.05) is 45.3 Å². The third kappa shape index (κ3) is 8.37. The van der Waals surface area contributed by atoms with Crippen molar-refractivity contribution in [3.63, 3.8) is 0 Å². The van der Waals surface area contributed by atoms with Gasteiger partial charge >= 0.3 is 0 Å². The summed E-state index contributed by atoms with van der Waals surface area (Å²) in [6, 6.07) is 10.6. The summed E-state index contributed by atoms with van der Waals surface area (Å²) in [5.74, 6) is 0. The second kappa shape index (κ2) is 11.4. The first-order valence-corrected chi connectivity index (χ1v) is 7.88. The smallest absolute Gasteiger partial charge is 0.0593 e. The maximum absolute atomic E-state index is 5.61. The number of rotatable bonds is 11. The van der Waals surface area contributed by atoms with E-state index in [0.29, 0.717) is 0 Å². The summed E-state index contributed by atoms with van der Waals surface area (Å²) in [6.45, 7) is 5.32. The molecule has 0 atom stereocenters. The van der Waals surface area contributed by atoms with E-state index in [0.717, 1.165) is 51.2 Å². The molecule has 0 heterocycles.